The van der Waals surface area contributed by atoms with Crippen molar-refractivity contribution in [2.24, 2.45) is 0 Å². The number of hydrogen-bond donors (Lipinski definition) is 4. The number of nitrogens with zero attached hydrogens (tertiary/aromatic N) is 5. The number of rotatable bonds is 8. The average molecular weight is 625 g/mol. The number of aliphatic hydroxyl groups excluding tert-OH is 1. The van der Waals surface area contributed by atoms with Crippen LogP contribution in [-0.4, -0.2) is 73.6 Å². The predicted molar refractivity (Wildman–Crippen MR) is 175 cm³/mol. The van der Waals surface area contributed by atoms with Crippen LogP contribution in [0.4, 0.5) is 22.2 Å². The standard InChI is InChI=1S/C34H40N8O4/c1-34(2,3)46-33(45)41-15-12-26(13-16-41)42-20-24(18-37-42)28-19-36-32(38-25-9-10-27-23(17-25)11-14-35-31(27)44)40-30(28)39-29(21-43)22-7-5-4-6-8-22/h4-10,17-20,26,29,43H,11-16,21H2,1-3H3,(H,35,44)(H2,36,38,39,40)/t29-/m1/s1. The summed E-state index contributed by atoms with van der Waals surface area (Å²) in [6.07, 6.45) is 7.50. The highest BCUT2D eigenvalue weighted by molar-refractivity contribution is 5.97. The zero-order valence-corrected chi connectivity index (χ0v) is 26.4. The minimum Gasteiger partial charge on any atom is -0.444 e. The van der Waals surface area contributed by atoms with Gasteiger partial charge < -0.3 is 30.7 Å². The van der Waals surface area contributed by atoms with Crippen LogP contribution in [0, 0.1) is 0 Å². The summed E-state index contributed by atoms with van der Waals surface area (Å²) in [6, 6.07) is 15.0. The summed E-state index contributed by atoms with van der Waals surface area (Å²) >= 11 is 0. The zero-order chi connectivity index (χ0) is 32.3. The van der Waals surface area contributed by atoms with Gasteiger partial charge in [-0.25, -0.2) is 9.78 Å². The van der Waals surface area contributed by atoms with E-state index in [0.29, 0.717) is 37.0 Å². The molecule has 1 fully saturated rings. The maximum atomic E-state index is 12.5. The van der Waals surface area contributed by atoms with Crippen LogP contribution in [0.1, 0.15) is 67.2 Å². The maximum Gasteiger partial charge on any atom is 0.410 e. The number of likely N-dealkylation sites (tertiary alicyclic amines) is 1. The number of anilines is 3. The molecular weight excluding hydrogens is 584 g/mol. The Bertz CT molecular complexity index is 1690. The van der Waals surface area contributed by atoms with E-state index in [1.165, 1.54) is 0 Å². The molecule has 0 saturated carbocycles. The number of fused-ring (bicyclic) bond motifs is 1. The first-order chi connectivity index (χ1) is 22.2. The number of nitrogens with one attached hydrogen (secondary N) is 3. The highest BCUT2D eigenvalue weighted by Crippen LogP contribution is 2.32. The van der Waals surface area contributed by atoms with Crippen molar-refractivity contribution in [1.29, 1.82) is 0 Å². The molecule has 0 unspecified atom stereocenters. The van der Waals surface area contributed by atoms with Gasteiger partial charge in [0.1, 0.15) is 11.4 Å². The van der Waals surface area contributed by atoms with Crippen LogP contribution in [0.15, 0.2) is 67.1 Å². The molecule has 2 aliphatic rings. The van der Waals surface area contributed by atoms with Crippen molar-refractivity contribution in [2.75, 3.05) is 36.9 Å². The molecular formula is C34H40N8O4. The molecule has 2 aromatic carbocycles. The second-order valence-corrected chi connectivity index (χ2v) is 12.7. The number of carbonyl (C=O) groups is 2. The smallest absolute Gasteiger partial charge is 0.410 e. The summed E-state index contributed by atoms with van der Waals surface area (Å²) in [5.74, 6) is 0.847. The van der Waals surface area contributed by atoms with Gasteiger partial charge in [0.2, 0.25) is 5.95 Å². The van der Waals surface area contributed by atoms with Crippen molar-refractivity contribution in [3.63, 3.8) is 0 Å². The molecule has 6 rings (SSSR count). The number of ether oxygens (including phenoxy) is 1. The lowest BCUT2D eigenvalue weighted by atomic mass is 10.00. The summed E-state index contributed by atoms with van der Waals surface area (Å²) in [5.41, 5.74) is 4.38. The van der Waals surface area contributed by atoms with E-state index in [1.54, 1.807) is 17.3 Å². The monoisotopic (exact) mass is 624 g/mol. The molecule has 0 radical (unpaired) electrons. The molecule has 1 saturated heterocycles. The van der Waals surface area contributed by atoms with Crippen LogP contribution in [0.3, 0.4) is 0 Å². The normalized spacial score (nSPS) is 15.9. The SMILES string of the molecule is CC(C)(C)OC(=O)N1CCC(n2cc(-c3cnc(Nc4ccc5c(c4)CCNC5=O)nc3N[C@H](CO)c3ccccc3)cn2)CC1. The van der Waals surface area contributed by atoms with Crippen molar-refractivity contribution < 1.29 is 19.4 Å². The molecule has 240 valence electrons. The fraction of sp³-hybridized carbons (Fsp3) is 0.382. The van der Waals surface area contributed by atoms with E-state index in [-0.39, 0.29) is 24.6 Å². The van der Waals surface area contributed by atoms with Gasteiger partial charge in [0.15, 0.2) is 0 Å². The molecule has 2 aliphatic heterocycles. The number of aromatic nitrogens is 4. The molecule has 0 bridgehead atoms. The topological polar surface area (TPSA) is 147 Å². The van der Waals surface area contributed by atoms with E-state index in [2.05, 4.69) is 26.0 Å². The average Bonchev–Trinajstić information content (AvgIpc) is 3.54. The Morgan fingerprint density at radius 3 is 2.63 bits per heavy atom. The van der Waals surface area contributed by atoms with Crippen LogP contribution >= 0.6 is 0 Å². The van der Waals surface area contributed by atoms with Gasteiger partial charge in [-0.05, 0) is 69.4 Å². The molecule has 46 heavy (non-hydrogen) atoms. The molecule has 2 amide bonds. The first-order valence-corrected chi connectivity index (χ1v) is 15.7. The molecule has 4 aromatic rings. The van der Waals surface area contributed by atoms with Gasteiger partial charge in [0.05, 0.1) is 24.9 Å². The number of benzene rings is 2. The molecule has 4 N–H and O–H groups in total. The Kier molecular flexibility index (Phi) is 8.89. The molecule has 12 nitrogen and oxygen atoms in total. The third-order valence-corrected chi connectivity index (χ3v) is 8.17. The Morgan fingerprint density at radius 2 is 1.89 bits per heavy atom. The summed E-state index contributed by atoms with van der Waals surface area (Å²) < 4.78 is 7.49. The van der Waals surface area contributed by atoms with Crippen LogP contribution in [0.2, 0.25) is 0 Å². The van der Waals surface area contributed by atoms with Crippen LogP contribution < -0.4 is 16.0 Å². The Hall–Kier alpha value is -4.97. The molecule has 12 heteroatoms. The van der Waals surface area contributed by atoms with E-state index in [1.807, 2.05) is 80.2 Å². The van der Waals surface area contributed by atoms with Crippen LogP contribution in [0.25, 0.3) is 11.1 Å². The van der Waals surface area contributed by atoms with Crippen molar-refractivity contribution >= 4 is 29.5 Å². The number of amides is 2. The Labute approximate surface area is 268 Å². The highest BCUT2D eigenvalue weighted by Gasteiger charge is 2.28. The lowest BCUT2D eigenvalue weighted by Gasteiger charge is -2.33. The van der Waals surface area contributed by atoms with Gasteiger partial charge in [-0.3, -0.25) is 9.48 Å². The highest BCUT2D eigenvalue weighted by atomic mass is 16.6. The van der Waals surface area contributed by atoms with Gasteiger partial charge in [0, 0.05) is 54.4 Å². The van der Waals surface area contributed by atoms with Crippen molar-refractivity contribution in [3.05, 3.63) is 83.8 Å². The summed E-state index contributed by atoms with van der Waals surface area (Å²) in [5, 5.41) is 24.6. The third kappa shape index (κ3) is 7.12. The second-order valence-electron chi connectivity index (χ2n) is 12.7. The number of aliphatic hydroxyl groups is 1. The fourth-order valence-electron chi connectivity index (χ4n) is 5.80. The maximum absolute atomic E-state index is 12.5. The molecule has 4 heterocycles. The first-order valence-electron chi connectivity index (χ1n) is 15.7. The van der Waals surface area contributed by atoms with Gasteiger partial charge >= 0.3 is 6.09 Å². The summed E-state index contributed by atoms with van der Waals surface area (Å²) in [6.45, 7) is 7.26. The van der Waals surface area contributed by atoms with Gasteiger partial charge in [-0.2, -0.15) is 10.1 Å². The second kappa shape index (κ2) is 13.2. The molecule has 0 aliphatic carbocycles. The zero-order valence-electron chi connectivity index (χ0n) is 26.4. The van der Waals surface area contributed by atoms with Gasteiger partial charge in [0.25, 0.3) is 5.91 Å². The predicted octanol–water partition coefficient (Wildman–Crippen LogP) is 5.09. The largest absolute Gasteiger partial charge is 0.444 e. The van der Waals surface area contributed by atoms with Crippen LogP contribution in [-0.2, 0) is 11.2 Å². The van der Waals surface area contributed by atoms with E-state index in [9.17, 15) is 14.7 Å². The van der Waals surface area contributed by atoms with Crippen molar-refractivity contribution in [2.45, 2.75) is 57.7 Å². The first kappa shape index (κ1) is 31.0. The van der Waals surface area contributed by atoms with E-state index in [4.69, 9.17) is 9.72 Å². The van der Waals surface area contributed by atoms with Gasteiger partial charge in [-0.1, -0.05) is 30.3 Å². The molecule has 1 atom stereocenters. The van der Waals surface area contributed by atoms with Crippen molar-refractivity contribution in [3.8, 4) is 11.1 Å². The Morgan fingerprint density at radius 1 is 1.11 bits per heavy atom. The quantitative estimate of drug-likeness (QED) is 0.211. The number of piperidine rings is 1. The lowest BCUT2D eigenvalue weighted by Crippen LogP contribution is -2.42. The molecule has 0 spiro atoms. The fourth-order valence-corrected chi connectivity index (χ4v) is 5.80. The minimum absolute atomic E-state index is 0.0648. The number of hydrogen-bond acceptors (Lipinski definition) is 9. The molecule has 2 aromatic heterocycles. The van der Waals surface area contributed by atoms with E-state index >= 15 is 0 Å². The number of carbonyl (C=O) groups excluding carboxylic acids is 2. The van der Waals surface area contributed by atoms with Gasteiger partial charge in [-0.15, -0.1) is 0 Å². The summed E-state index contributed by atoms with van der Waals surface area (Å²) in [7, 11) is 0. The van der Waals surface area contributed by atoms with E-state index < -0.39 is 11.6 Å². The minimum atomic E-state index is -0.530. The van der Waals surface area contributed by atoms with E-state index in [0.717, 1.165) is 47.2 Å². The lowest BCUT2D eigenvalue weighted by molar-refractivity contribution is 0.0184. The van der Waals surface area contributed by atoms with Crippen LogP contribution in [0.5, 0.6) is 0 Å². The summed E-state index contributed by atoms with van der Waals surface area (Å²) in [4.78, 5) is 36.0. The third-order valence-electron chi connectivity index (χ3n) is 8.17. The van der Waals surface area contributed by atoms with Crippen molar-refractivity contribution in [1.82, 2.24) is 30.0 Å². The Balaban J connectivity index is 1.24.